The maximum absolute atomic E-state index is 1.47. The molecule has 0 saturated heterocycles. The minimum atomic E-state index is 1.25. The van der Waals surface area contributed by atoms with Crippen molar-refractivity contribution in [1.82, 2.24) is 0 Å². The van der Waals surface area contributed by atoms with Crippen LogP contribution in [0.3, 0.4) is 0 Å². The molecule has 0 nitrogen and oxygen atoms in total. The van der Waals surface area contributed by atoms with E-state index in [2.05, 4.69) is 0 Å². The molecule has 0 saturated carbocycles. The molecule has 0 unspecified atom stereocenters. The molecule has 0 aromatic rings. The second kappa shape index (κ2) is 1.92. The molecule has 0 bridgehead atoms. The number of rotatable bonds is 0. The maximum atomic E-state index is 1.47. The molecule has 0 aliphatic heterocycles. The summed E-state index contributed by atoms with van der Waals surface area (Å²) in [7, 11) is 4.42. The summed E-state index contributed by atoms with van der Waals surface area (Å²) in [6.45, 7) is 0. The Morgan fingerprint density at radius 3 is 1.00 bits per heavy atom. The van der Waals surface area contributed by atoms with Crippen LogP contribution in [0.2, 0.25) is 4.79 Å². The third kappa shape index (κ3) is 17.1. The van der Waals surface area contributed by atoms with Crippen molar-refractivity contribution in [3.63, 3.8) is 0 Å². The van der Waals surface area contributed by atoms with Crippen molar-refractivity contribution in [1.29, 1.82) is 0 Å². The van der Waals surface area contributed by atoms with Gasteiger partial charge in [0.1, 0.15) is 0 Å². The van der Waals surface area contributed by atoms with Gasteiger partial charge in [0, 0.05) is 0 Å². The maximum Gasteiger partial charge on any atom is -0.00117 e. The minimum Gasteiger partial charge on any atom is -0.0779 e. The highest BCUT2D eigenvalue weighted by Crippen LogP contribution is 1.68. The van der Waals surface area contributed by atoms with Crippen molar-refractivity contribution in [3.8, 4) is 0 Å². The van der Waals surface area contributed by atoms with Gasteiger partial charge in [0.15, 0.2) is 0 Å². The van der Waals surface area contributed by atoms with Gasteiger partial charge in [-0.15, -0.1) is 0 Å². The predicted molar refractivity (Wildman–Crippen MR) is 33.6 cm³/mol. The van der Waals surface area contributed by atoms with Crippen molar-refractivity contribution in [2.24, 2.45) is 0 Å². The van der Waals surface area contributed by atoms with Gasteiger partial charge in [-0.1, -0.05) is 4.79 Å². The van der Waals surface area contributed by atoms with E-state index in [0.717, 1.165) is 0 Å². The summed E-state index contributed by atoms with van der Waals surface area (Å²) in [5.41, 5.74) is 0. The molecule has 0 rings (SSSR count). The lowest BCUT2D eigenvalue weighted by Crippen LogP contribution is -1.84. The van der Waals surface area contributed by atoms with Gasteiger partial charge in [-0.3, -0.25) is 0 Å². The second-order valence-electron chi connectivity index (χ2n) is 1.73. The molecule has 0 N–H and O–H groups in total. The van der Waals surface area contributed by atoms with Gasteiger partial charge in [0.05, 0.1) is 0 Å². The topological polar surface area (TPSA) is 0 Å². The Hall–Kier alpha value is 0.651. The predicted octanol–water partition coefficient (Wildman–Crippen LogP) is -3.21. The van der Waals surface area contributed by atoms with Gasteiger partial charge in [-0.25, -0.2) is 0 Å². The highest BCUT2D eigenvalue weighted by Gasteiger charge is 1.69. The Morgan fingerprint density at radius 2 is 1.00 bits per heavy atom. The Labute approximate surface area is 36.3 Å². The lowest BCUT2D eigenvalue weighted by Gasteiger charge is -1.77. The smallest absolute Gasteiger partial charge is 0.00117 e. The van der Waals surface area contributed by atoms with Crippen LogP contribution >= 0.6 is 0 Å². The molecule has 0 aromatic heterocycles. The zero-order chi connectivity index (χ0) is 3.58. The van der Waals surface area contributed by atoms with Crippen LogP contribution in [0.25, 0.3) is 0 Å². The van der Waals surface area contributed by atoms with E-state index in [4.69, 9.17) is 0 Å². The van der Waals surface area contributed by atoms with Crippen molar-refractivity contribution >= 4 is 30.7 Å². The summed E-state index contributed by atoms with van der Waals surface area (Å²) >= 11 is 0. The zero-order valence-electron chi connectivity index (χ0n) is 3.58. The Balaban J connectivity index is 2.32. The van der Waals surface area contributed by atoms with E-state index in [1.165, 1.54) is 35.5 Å². The van der Waals surface area contributed by atoms with E-state index in [1.54, 1.807) is 0 Å². The fraction of sp³-hybridized carbons (Fsp3) is 1.00. The SMILES string of the molecule is [SiH3]C([SiH3])[SiH3]. The van der Waals surface area contributed by atoms with Gasteiger partial charge in [0.25, 0.3) is 0 Å². The molecule has 0 spiro atoms. The van der Waals surface area contributed by atoms with E-state index in [-0.39, 0.29) is 0 Å². The Morgan fingerprint density at radius 1 is 1.00 bits per heavy atom. The molecular formula is CH10Si3. The van der Waals surface area contributed by atoms with Crippen molar-refractivity contribution in [2.75, 3.05) is 0 Å². The molecule has 0 radical (unpaired) electrons. The molecule has 26 valence electrons. The largest absolute Gasteiger partial charge is 0.0779 e. The third-order valence-electron chi connectivity index (χ3n) is 0. The first-order valence-corrected chi connectivity index (χ1v) is 5.20. The lowest BCUT2D eigenvalue weighted by atomic mass is 11.8. The van der Waals surface area contributed by atoms with Crippen molar-refractivity contribution < 1.29 is 0 Å². The van der Waals surface area contributed by atoms with E-state index in [1.807, 2.05) is 0 Å². The third-order valence-corrected chi connectivity index (χ3v) is 0. The summed E-state index contributed by atoms with van der Waals surface area (Å²) in [6.07, 6.45) is 0. The van der Waals surface area contributed by atoms with E-state index in [9.17, 15) is 0 Å². The van der Waals surface area contributed by atoms with Crippen LogP contribution in [-0.4, -0.2) is 30.7 Å². The van der Waals surface area contributed by atoms with Crippen LogP contribution in [0.4, 0.5) is 0 Å². The van der Waals surface area contributed by atoms with E-state index in [0.29, 0.717) is 0 Å². The first-order valence-electron chi connectivity index (χ1n) is 1.73. The Kier molecular flexibility index (Phi) is 2.24. The van der Waals surface area contributed by atoms with Crippen molar-refractivity contribution in [3.05, 3.63) is 0 Å². The average Bonchev–Trinajstić information content (AvgIpc) is 0.811. The molecule has 0 aliphatic rings. The van der Waals surface area contributed by atoms with Crippen LogP contribution in [0.5, 0.6) is 0 Å². The molecular weight excluding hydrogens is 96.3 g/mol. The first kappa shape index (κ1) is 4.65. The second-order valence-corrected chi connectivity index (χ2v) is 15.6. The fourth-order valence-corrected chi connectivity index (χ4v) is 0. The fourth-order valence-electron chi connectivity index (χ4n) is 0. The Bertz CT molecular complexity index is 8.00. The monoisotopic (exact) mass is 106 g/mol. The lowest BCUT2D eigenvalue weighted by molar-refractivity contribution is 1.91. The first-order chi connectivity index (χ1) is 1.73. The van der Waals surface area contributed by atoms with Gasteiger partial charge < -0.3 is 0 Å². The van der Waals surface area contributed by atoms with Crippen LogP contribution in [0, 0.1) is 0 Å². The number of hydrogen-bond donors (Lipinski definition) is 0. The molecule has 0 heterocycles. The molecule has 0 aliphatic carbocycles. The van der Waals surface area contributed by atoms with Gasteiger partial charge in [-0.2, -0.15) is 0 Å². The molecule has 0 fully saturated rings. The average molecular weight is 106 g/mol. The van der Waals surface area contributed by atoms with Crippen LogP contribution in [-0.2, 0) is 0 Å². The molecule has 3 heteroatoms. The molecule has 0 amide bonds. The van der Waals surface area contributed by atoms with Crippen LogP contribution < -0.4 is 0 Å². The standard InChI is InChI=1S/CH10Si3/c2-1(3)4/h1H,2-4H3. The van der Waals surface area contributed by atoms with E-state index >= 15 is 0 Å². The quantitative estimate of drug-likeness (QED) is 0.285. The van der Waals surface area contributed by atoms with Crippen molar-refractivity contribution in [2.45, 2.75) is 4.79 Å². The summed E-state index contributed by atoms with van der Waals surface area (Å²) in [5.74, 6) is 0. The van der Waals surface area contributed by atoms with Gasteiger partial charge in [-0.05, 0) is 30.7 Å². The van der Waals surface area contributed by atoms with Gasteiger partial charge >= 0.3 is 0 Å². The molecule has 0 aromatic carbocycles. The highest BCUT2D eigenvalue weighted by molar-refractivity contribution is 6.54. The highest BCUT2D eigenvalue weighted by atomic mass is 28.3. The summed E-state index contributed by atoms with van der Waals surface area (Å²) in [6, 6.07) is 0. The van der Waals surface area contributed by atoms with E-state index < -0.39 is 0 Å². The molecule has 4 heavy (non-hydrogen) atoms. The minimum absolute atomic E-state index is 1.25. The van der Waals surface area contributed by atoms with Gasteiger partial charge in [0.2, 0.25) is 0 Å². The normalized spacial score (nSPS) is 18.0. The summed E-state index contributed by atoms with van der Waals surface area (Å²) < 4.78 is 0. The van der Waals surface area contributed by atoms with Crippen LogP contribution in [0.15, 0.2) is 0 Å². The summed E-state index contributed by atoms with van der Waals surface area (Å²) in [5, 5.41) is 0. The zero-order valence-corrected chi connectivity index (χ0v) is 9.58. The van der Waals surface area contributed by atoms with Crippen LogP contribution in [0.1, 0.15) is 0 Å². The number of hydrogen-bond acceptors (Lipinski definition) is 0. The summed E-state index contributed by atoms with van der Waals surface area (Å²) in [4.78, 5) is 1.25. The molecule has 0 atom stereocenters.